The fourth-order valence-corrected chi connectivity index (χ4v) is 1.91. The Hall–Kier alpha value is -0.620. The number of amides is 1. The van der Waals surface area contributed by atoms with E-state index in [4.69, 9.17) is 5.73 Å². The summed E-state index contributed by atoms with van der Waals surface area (Å²) in [7, 11) is -3.44. The summed E-state index contributed by atoms with van der Waals surface area (Å²) < 4.78 is 25.3. The smallest absolute Gasteiger partial charge is 0.235 e. The zero-order valence-corrected chi connectivity index (χ0v) is 10.5. The second kappa shape index (κ2) is 5.46. The van der Waals surface area contributed by atoms with Crippen molar-refractivity contribution in [2.75, 3.05) is 0 Å². The lowest BCUT2D eigenvalue weighted by Crippen LogP contribution is -2.47. The lowest BCUT2D eigenvalue weighted by Gasteiger charge is -2.18. The molecule has 0 aliphatic carbocycles. The molecule has 0 bridgehead atoms. The highest BCUT2D eigenvalue weighted by Gasteiger charge is 2.25. The fraction of sp³-hybridized carbons (Fsp3) is 0.889. The minimum Gasteiger partial charge on any atom is -0.368 e. The van der Waals surface area contributed by atoms with Crippen molar-refractivity contribution in [2.45, 2.75) is 45.4 Å². The summed E-state index contributed by atoms with van der Waals surface area (Å²) in [6.07, 6.45) is 0.418. The van der Waals surface area contributed by atoms with Crippen LogP contribution in [0, 0.1) is 5.92 Å². The molecule has 6 heteroatoms. The van der Waals surface area contributed by atoms with E-state index in [1.807, 2.05) is 13.8 Å². The van der Waals surface area contributed by atoms with Crippen molar-refractivity contribution in [3.63, 3.8) is 0 Å². The number of primary amides is 1. The maximum Gasteiger partial charge on any atom is 0.235 e. The maximum absolute atomic E-state index is 11.5. The van der Waals surface area contributed by atoms with E-state index in [-0.39, 0.29) is 5.92 Å². The molecule has 90 valence electrons. The van der Waals surface area contributed by atoms with Crippen molar-refractivity contribution >= 4 is 15.9 Å². The molecule has 15 heavy (non-hydrogen) atoms. The molecule has 0 fully saturated rings. The molecule has 1 atom stereocenters. The Morgan fingerprint density at radius 1 is 1.27 bits per heavy atom. The summed E-state index contributed by atoms with van der Waals surface area (Å²) >= 11 is 0. The van der Waals surface area contributed by atoms with Crippen LogP contribution in [0.5, 0.6) is 0 Å². The number of nitrogens with one attached hydrogen (secondary N) is 1. The average Bonchev–Trinajstić information content (AvgIpc) is 2.01. The van der Waals surface area contributed by atoms with Crippen LogP contribution in [0.4, 0.5) is 0 Å². The van der Waals surface area contributed by atoms with Gasteiger partial charge < -0.3 is 5.73 Å². The van der Waals surface area contributed by atoms with Gasteiger partial charge >= 0.3 is 0 Å². The van der Waals surface area contributed by atoms with Gasteiger partial charge in [-0.05, 0) is 26.2 Å². The van der Waals surface area contributed by atoms with Crippen molar-refractivity contribution in [3.8, 4) is 0 Å². The standard InChI is InChI=1S/C9H20N2O3S/c1-6(2)5-8(9(10)12)11-15(13,14)7(3)4/h6-8,11H,5H2,1-4H3,(H2,10,12)/t8-/m1/s1. The summed E-state index contributed by atoms with van der Waals surface area (Å²) in [6, 6.07) is -0.808. The normalized spacial score (nSPS) is 14.5. The van der Waals surface area contributed by atoms with Crippen LogP contribution >= 0.6 is 0 Å². The van der Waals surface area contributed by atoms with E-state index in [9.17, 15) is 13.2 Å². The van der Waals surface area contributed by atoms with E-state index >= 15 is 0 Å². The van der Waals surface area contributed by atoms with Gasteiger partial charge in [0.1, 0.15) is 6.04 Å². The summed E-state index contributed by atoms with van der Waals surface area (Å²) in [5.74, 6) is -0.426. The summed E-state index contributed by atoms with van der Waals surface area (Å²) in [5.41, 5.74) is 5.13. The van der Waals surface area contributed by atoms with Gasteiger partial charge in [-0.1, -0.05) is 13.8 Å². The molecule has 3 N–H and O–H groups in total. The Balaban J connectivity index is 4.63. The van der Waals surface area contributed by atoms with Crippen LogP contribution in [0.2, 0.25) is 0 Å². The van der Waals surface area contributed by atoms with Gasteiger partial charge in [-0.2, -0.15) is 0 Å². The van der Waals surface area contributed by atoms with Gasteiger partial charge in [-0.15, -0.1) is 0 Å². The van der Waals surface area contributed by atoms with Crippen LogP contribution in [0.1, 0.15) is 34.1 Å². The SMILES string of the molecule is CC(C)C[C@@H](NS(=O)(=O)C(C)C)C(N)=O. The minimum atomic E-state index is -3.44. The lowest BCUT2D eigenvalue weighted by molar-refractivity contribution is -0.119. The van der Waals surface area contributed by atoms with Gasteiger partial charge in [0, 0.05) is 0 Å². The van der Waals surface area contributed by atoms with Gasteiger partial charge in [-0.25, -0.2) is 13.1 Å². The molecule has 0 radical (unpaired) electrons. The van der Waals surface area contributed by atoms with Crippen molar-refractivity contribution < 1.29 is 13.2 Å². The molecule has 0 saturated carbocycles. The third-order valence-electron chi connectivity index (χ3n) is 1.98. The molecule has 0 aromatic heterocycles. The molecule has 0 saturated heterocycles. The highest BCUT2D eigenvalue weighted by Crippen LogP contribution is 2.07. The molecule has 0 aliphatic rings. The first kappa shape index (κ1) is 14.4. The van der Waals surface area contributed by atoms with Crippen molar-refractivity contribution in [2.24, 2.45) is 11.7 Å². The van der Waals surface area contributed by atoms with Crippen LogP contribution in [0.15, 0.2) is 0 Å². The number of hydrogen-bond donors (Lipinski definition) is 2. The Kier molecular flexibility index (Phi) is 5.23. The van der Waals surface area contributed by atoms with Crippen LogP contribution in [0.3, 0.4) is 0 Å². The monoisotopic (exact) mass is 236 g/mol. The van der Waals surface area contributed by atoms with Crippen molar-refractivity contribution in [1.29, 1.82) is 0 Å². The van der Waals surface area contributed by atoms with E-state index in [0.717, 1.165) is 0 Å². The van der Waals surface area contributed by atoms with Crippen molar-refractivity contribution in [1.82, 2.24) is 4.72 Å². The number of sulfonamides is 1. The molecule has 0 aromatic rings. The molecule has 0 spiro atoms. The number of carbonyl (C=O) groups is 1. The predicted octanol–water partition coefficient (Wildman–Crippen LogP) is 0.214. The van der Waals surface area contributed by atoms with E-state index < -0.39 is 27.2 Å². The van der Waals surface area contributed by atoms with Crippen LogP contribution in [0.25, 0.3) is 0 Å². The molecule has 0 aliphatic heterocycles. The van der Waals surface area contributed by atoms with E-state index in [2.05, 4.69) is 4.72 Å². The molecule has 0 rings (SSSR count). The molecule has 0 unspecified atom stereocenters. The number of hydrogen-bond acceptors (Lipinski definition) is 3. The zero-order chi connectivity index (χ0) is 12.2. The molecule has 1 amide bonds. The summed E-state index contributed by atoms with van der Waals surface area (Å²) in [5, 5.41) is -0.563. The zero-order valence-electron chi connectivity index (χ0n) is 9.65. The van der Waals surface area contributed by atoms with Crippen molar-refractivity contribution in [3.05, 3.63) is 0 Å². The average molecular weight is 236 g/mol. The maximum atomic E-state index is 11.5. The lowest BCUT2D eigenvalue weighted by atomic mass is 10.0. The number of nitrogens with two attached hydrogens (primary N) is 1. The van der Waals surface area contributed by atoms with Gasteiger partial charge in [0.05, 0.1) is 5.25 Å². The Morgan fingerprint density at radius 3 is 2.00 bits per heavy atom. The largest absolute Gasteiger partial charge is 0.368 e. The first-order valence-corrected chi connectivity index (χ1v) is 6.52. The molecule has 5 nitrogen and oxygen atoms in total. The second-order valence-electron chi connectivity index (χ2n) is 4.30. The first-order chi connectivity index (χ1) is 6.66. The third kappa shape index (κ3) is 5.13. The highest BCUT2D eigenvalue weighted by atomic mass is 32.2. The molecular formula is C9H20N2O3S. The first-order valence-electron chi connectivity index (χ1n) is 4.97. The molecule has 0 heterocycles. The quantitative estimate of drug-likeness (QED) is 0.691. The Morgan fingerprint density at radius 2 is 1.73 bits per heavy atom. The summed E-state index contributed by atoms with van der Waals surface area (Å²) in [4.78, 5) is 11.0. The van der Waals surface area contributed by atoms with E-state index in [1.165, 1.54) is 0 Å². The van der Waals surface area contributed by atoms with Gasteiger partial charge in [0.2, 0.25) is 15.9 Å². The van der Waals surface area contributed by atoms with Gasteiger partial charge in [-0.3, -0.25) is 4.79 Å². The van der Waals surface area contributed by atoms with Gasteiger partial charge in [0.15, 0.2) is 0 Å². The highest BCUT2D eigenvalue weighted by molar-refractivity contribution is 7.90. The summed E-state index contributed by atoms with van der Waals surface area (Å²) in [6.45, 7) is 6.91. The molecular weight excluding hydrogens is 216 g/mol. The third-order valence-corrected chi connectivity index (χ3v) is 3.83. The second-order valence-corrected chi connectivity index (χ2v) is 6.56. The number of rotatable bonds is 6. The van der Waals surface area contributed by atoms with Crippen LogP contribution < -0.4 is 10.5 Å². The van der Waals surface area contributed by atoms with E-state index in [0.29, 0.717) is 6.42 Å². The van der Waals surface area contributed by atoms with Crippen LogP contribution in [-0.4, -0.2) is 25.6 Å². The fourth-order valence-electron chi connectivity index (χ4n) is 1.03. The minimum absolute atomic E-state index is 0.206. The number of carbonyl (C=O) groups excluding carboxylic acids is 1. The van der Waals surface area contributed by atoms with Gasteiger partial charge in [0.25, 0.3) is 0 Å². The molecule has 0 aromatic carbocycles. The Bertz CT molecular complexity index is 309. The Labute approximate surface area is 91.5 Å². The van der Waals surface area contributed by atoms with Crippen LogP contribution in [-0.2, 0) is 14.8 Å². The van der Waals surface area contributed by atoms with E-state index in [1.54, 1.807) is 13.8 Å². The topological polar surface area (TPSA) is 89.3 Å². The predicted molar refractivity (Wildman–Crippen MR) is 59.6 cm³/mol.